The normalized spacial score (nSPS) is 20.4. The number of carbonyl (C=O) groups excluding carboxylic acids is 3. The SMILES string of the molecule is CNCC(=O)N[C@H]1CCN2C(=O)c3cc(-c4cccc(C(F)(F)F)c4)ccc3NC(=O)[C@@H]2C1. The molecule has 2 aliphatic rings. The van der Waals surface area contributed by atoms with Gasteiger partial charge in [-0.15, -0.1) is 0 Å². The van der Waals surface area contributed by atoms with E-state index in [4.69, 9.17) is 0 Å². The summed E-state index contributed by atoms with van der Waals surface area (Å²) in [6.07, 6.45) is -3.71. The lowest BCUT2D eigenvalue weighted by Gasteiger charge is -2.37. The van der Waals surface area contributed by atoms with Crippen LogP contribution in [0, 0.1) is 0 Å². The maximum absolute atomic E-state index is 13.3. The Balaban J connectivity index is 1.61. The summed E-state index contributed by atoms with van der Waals surface area (Å²) >= 11 is 0. The van der Waals surface area contributed by atoms with Crippen LogP contribution in [0.1, 0.15) is 28.8 Å². The van der Waals surface area contributed by atoms with E-state index in [1.807, 2.05) is 0 Å². The van der Waals surface area contributed by atoms with Crippen molar-refractivity contribution in [2.75, 3.05) is 25.5 Å². The van der Waals surface area contributed by atoms with Gasteiger partial charge in [0.1, 0.15) is 6.04 Å². The van der Waals surface area contributed by atoms with Gasteiger partial charge < -0.3 is 20.9 Å². The van der Waals surface area contributed by atoms with Crippen LogP contribution < -0.4 is 16.0 Å². The Bertz CT molecular complexity index is 1100. The molecule has 2 heterocycles. The average Bonchev–Trinajstić information content (AvgIpc) is 2.88. The fourth-order valence-electron chi connectivity index (χ4n) is 4.28. The molecule has 0 bridgehead atoms. The molecule has 174 valence electrons. The molecule has 0 saturated carbocycles. The highest BCUT2D eigenvalue weighted by Gasteiger charge is 2.40. The number of likely N-dealkylation sites (N-methyl/N-ethyl adjacent to an activating group) is 1. The first-order chi connectivity index (χ1) is 15.7. The van der Waals surface area contributed by atoms with E-state index < -0.39 is 17.8 Å². The molecule has 3 N–H and O–H groups in total. The van der Waals surface area contributed by atoms with Crippen molar-refractivity contribution in [3.05, 3.63) is 53.6 Å². The number of hydrogen-bond acceptors (Lipinski definition) is 4. The van der Waals surface area contributed by atoms with E-state index in [9.17, 15) is 27.6 Å². The molecule has 2 atom stereocenters. The molecule has 0 unspecified atom stereocenters. The third-order valence-electron chi connectivity index (χ3n) is 5.90. The van der Waals surface area contributed by atoms with Crippen LogP contribution in [-0.4, -0.2) is 54.8 Å². The zero-order valence-corrected chi connectivity index (χ0v) is 17.8. The number of fused-ring (bicyclic) bond motifs is 2. The van der Waals surface area contributed by atoms with Gasteiger partial charge in [0.15, 0.2) is 0 Å². The summed E-state index contributed by atoms with van der Waals surface area (Å²) in [5.41, 5.74) is 0.509. The number of amides is 3. The van der Waals surface area contributed by atoms with E-state index in [2.05, 4.69) is 16.0 Å². The summed E-state index contributed by atoms with van der Waals surface area (Å²) in [7, 11) is 1.66. The first-order valence-electron chi connectivity index (χ1n) is 10.5. The van der Waals surface area contributed by atoms with Gasteiger partial charge in [0, 0.05) is 12.6 Å². The molecule has 1 fully saturated rings. The molecule has 0 spiro atoms. The minimum atomic E-state index is -4.48. The lowest BCUT2D eigenvalue weighted by Crippen LogP contribution is -2.55. The van der Waals surface area contributed by atoms with Gasteiger partial charge in [-0.2, -0.15) is 13.2 Å². The first-order valence-corrected chi connectivity index (χ1v) is 10.5. The number of nitrogens with zero attached hydrogens (tertiary/aromatic N) is 1. The van der Waals surface area contributed by atoms with Crippen LogP contribution >= 0.6 is 0 Å². The highest BCUT2D eigenvalue weighted by molar-refractivity contribution is 6.10. The molecule has 4 rings (SSSR count). The molecular formula is C23H23F3N4O3. The fraction of sp³-hybridized carbons (Fsp3) is 0.348. The molecule has 2 aromatic rings. The molecule has 10 heteroatoms. The Morgan fingerprint density at radius 1 is 1.15 bits per heavy atom. The van der Waals surface area contributed by atoms with Crippen LogP contribution in [0.15, 0.2) is 42.5 Å². The van der Waals surface area contributed by atoms with Gasteiger partial charge in [0.05, 0.1) is 23.4 Å². The molecule has 0 aliphatic carbocycles. The summed E-state index contributed by atoms with van der Waals surface area (Å²) < 4.78 is 39.4. The summed E-state index contributed by atoms with van der Waals surface area (Å²) in [6, 6.07) is 8.50. The smallest absolute Gasteiger partial charge is 0.352 e. The van der Waals surface area contributed by atoms with Gasteiger partial charge >= 0.3 is 6.18 Å². The Hall–Kier alpha value is -3.40. The van der Waals surface area contributed by atoms with Crippen molar-refractivity contribution in [2.24, 2.45) is 0 Å². The Labute approximate surface area is 188 Å². The van der Waals surface area contributed by atoms with Crippen molar-refractivity contribution in [2.45, 2.75) is 31.1 Å². The molecule has 0 aromatic heterocycles. The van der Waals surface area contributed by atoms with Crippen LogP contribution in [0.3, 0.4) is 0 Å². The second-order valence-corrected chi connectivity index (χ2v) is 8.16. The van der Waals surface area contributed by atoms with Crippen molar-refractivity contribution in [3.8, 4) is 11.1 Å². The van der Waals surface area contributed by atoms with Crippen molar-refractivity contribution in [1.82, 2.24) is 15.5 Å². The zero-order chi connectivity index (χ0) is 23.8. The molecular weight excluding hydrogens is 437 g/mol. The Morgan fingerprint density at radius 2 is 1.91 bits per heavy atom. The van der Waals surface area contributed by atoms with E-state index in [0.29, 0.717) is 23.2 Å². The van der Waals surface area contributed by atoms with Gasteiger partial charge in [-0.05, 0) is 55.3 Å². The van der Waals surface area contributed by atoms with Crippen molar-refractivity contribution in [1.29, 1.82) is 0 Å². The second-order valence-electron chi connectivity index (χ2n) is 8.16. The lowest BCUT2D eigenvalue weighted by molar-refractivity contribution is -0.137. The predicted molar refractivity (Wildman–Crippen MR) is 115 cm³/mol. The average molecular weight is 460 g/mol. The summed E-state index contributed by atoms with van der Waals surface area (Å²) in [5.74, 6) is -0.922. The minimum absolute atomic E-state index is 0.153. The number of alkyl halides is 3. The maximum Gasteiger partial charge on any atom is 0.416 e. The molecule has 2 aromatic carbocycles. The van der Waals surface area contributed by atoms with Gasteiger partial charge in [0.2, 0.25) is 11.8 Å². The zero-order valence-electron chi connectivity index (χ0n) is 17.8. The van der Waals surface area contributed by atoms with E-state index in [0.717, 1.165) is 12.1 Å². The van der Waals surface area contributed by atoms with Crippen LogP contribution in [0.5, 0.6) is 0 Å². The van der Waals surface area contributed by atoms with Crippen LogP contribution in [0.2, 0.25) is 0 Å². The molecule has 0 radical (unpaired) electrons. The number of halogens is 3. The van der Waals surface area contributed by atoms with Crippen molar-refractivity contribution < 1.29 is 27.6 Å². The quantitative estimate of drug-likeness (QED) is 0.655. The predicted octanol–water partition coefficient (Wildman–Crippen LogP) is 2.63. The highest BCUT2D eigenvalue weighted by atomic mass is 19.4. The van der Waals surface area contributed by atoms with Gasteiger partial charge in [-0.25, -0.2) is 0 Å². The van der Waals surface area contributed by atoms with E-state index in [1.165, 1.54) is 23.1 Å². The maximum atomic E-state index is 13.3. The largest absolute Gasteiger partial charge is 0.416 e. The van der Waals surface area contributed by atoms with E-state index in [-0.39, 0.29) is 48.8 Å². The van der Waals surface area contributed by atoms with Crippen LogP contribution in [0.25, 0.3) is 11.1 Å². The molecule has 3 amide bonds. The minimum Gasteiger partial charge on any atom is -0.352 e. The van der Waals surface area contributed by atoms with Crippen LogP contribution in [-0.2, 0) is 15.8 Å². The number of carbonyl (C=O) groups is 3. The van der Waals surface area contributed by atoms with E-state index >= 15 is 0 Å². The Kier molecular flexibility index (Phi) is 6.11. The molecule has 1 saturated heterocycles. The third-order valence-corrected chi connectivity index (χ3v) is 5.90. The van der Waals surface area contributed by atoms with Gasteiger partial charge in [0.25, 0.3) is 5.91 Å². The molecule has 33 heavy (non-hydrogen) atoms. The number of hydrogen-bond donors (Lipinski definition) is 3. The van der Waals surface area contributed by atoms with E-state index in [1.54, 1.807) is 19.2 Å². The number of benzene rings is 2. The van der Waals surface area contributed by atoms with Crippen LogP contribution in [0.4, 0.5) is 18.9 Å². The highest BCUT2D eigenvalue weighted by Crippen LogP contribution is 2.35. The summed E-state index contributed by atoms with van der Waals surface area (Å²) in [5, 5.41) is 8.39. The molecule has 7 nitrogen and oxygen atoms in total. The van der Waals surface area contributed by atoms with Crippen molar-refractivity contribution in [3.63, 3.8) is 0 Å². The fourth-order valence-corrected chi connectivity index (χ4v) is 4.28. The first kappa shape index (κ1) is 22.8. The summed E-state index contributed by atoms with van der Waals surface area (Å²) in [6.45, 7) is 0.425. The second kappa shape index (κ2) is 8.86. The number of nitrogens with one attached hydrogen (secondary N) is 3. The number of piperidine rings is 1. The topological polar surface area (TPSA) is 90.5 Å². The van der Waals surface area contributed by atoms with Gasteiger partial charge in [-0.3, -0.25) is 14.4 Å². The van der Waals surface area contributed by atoms with Crippen molar-refractivity contribution >= 4 is 23.4 Å². The summed E-state index contributed by atoms with van der Waals surface area (Å²) in [4.78, 5) is 39.5. The van der Waals surface area contributed by atoms with Gasteiger partial charge in [-0.1, -0.05) is 18.2 Å². The lowest BCUT2D eigenvalue weighted by atomic mass is 9.95. The third kappa shape index (κ3) is 4.70. The standard InChI is InChI=1S/C23H23F3N4O3/c1-27-12-20(31)28-16-7-8-30-19(11-16)21(32)29-18-6-5-14(10-17(18)22(30)33)13-3-2-4-15(9-13)23(24,25)26/h2-6,9-10,16,19,27H,7-8,11-12H2,1H3,(H,28,31)(H,29,32)/t16-,19-/m0/s1. The number of rotatable bonds is 4. The Morgan fingerprint density at radius 3 is 2.64 bits per heavy atom. The monoisotopic (exact) mass is 460 g/mol. The number of anilines is 1. The molecule has 2 aliphatic heterocycles.